The molecule has 3 atom stereocenters. The SMILES string of the molecule is CCC(NC(C)C1CCOC1)c1ccco1. The average Bonchev–Trinajstić information content (AvgIpc) is 2.96. The highest BCUT2D eigenvalue weighted by atomic mass is 16.5. The van der Waals surface area contributed by atoms with Crippen molar-refractivity contribution in [3.8, 4) is 0 Å². The van der Waals surface area contributed by atoms with E-state index in [0.717, 1.165) is 25.4 Å². The van der Waals surface area contributed by atoms with Crippen molar-refractivity contribution >= 4 is 0 Å². The molecule has 1 saturated heterocycles. The van der Waals surface area contributed by atoms with Crippen molar-refractivity contribution in [1.29, 1.82) is 0 Å². The van der Waals surface area contributed by atoms with Crippen LogP contribution in [-0.4, -0.2) is 19.3 Å². The van der Waals surface area contributed by atoms with Crippen LogP contribution in [0.1, 0.15) is 38.5 Å². The van der Waals surface area contributed by atoms with Gasteiger partial charge >= 0.3 is 0 Å². The van der Waals surface area contributed by atoms with Gasteiger partial charge in [0.25, 0.3) is 0 Å². The zero-order chi connectivity index (χ0) is 11.4. The summed E-state index contributed by atoms with van der Waals surface area (Å²) < 4.78 is 10.9. The zero-order valence-electron chi connectivity index (χ0n) is 10.1. The number of hydrogen-bond donors (Lipinski definition) is 1. The van der Waals surface area contributed by atoms with Crippen LogP contribution in [0, 0.1) is 5.92 Å². The van der Waals surface area contributed by atoms with Gasteiger partial charge in [-0.2, -0.15) is 0 Å². The molecule has 0 saturated carbocycles. The number of rotatable bonds is 5. The molecular weight excluding hydrogens is 202 g/mol. The van der Waals surface area contributed by atoms with Gasteiger partial charge in [-0.25, -0.2) is 0 Å². The molecule has 1 aliphatic heterocycles. The normalized spacial score (nSPS) is 24.5. The average molecular weight is 223 g/mol. The molecule has 3 heteroatoms. The monoisotopic (exact) mass is 223 g/mol. The Labute approximate surface area is 97.2 Å². The smallest absolute Gasteiger partial charge is 0.120 e. The van der Waals surface area contributed by atoms with Crippen molar-refractivity contribution in [3.05, 3.63) is 24.2 Å². The van der Waals surface area contributed by atoms with Gasteiger partial charge in [0, 0.05) is 12.6 Å². The van der Waals surface area contributed by atoms with Crippen LogP contribution in [0.25, 0.3) is 0 Å². The highest BCUT2D eigenvalue weighted by Gasteiger charge is 2.24. The van der Waals surface area contributed by atoms with E-state index in [-0.39, 0.29) is 0 Å². The van der Waals surface area contributed by atoms with E-state index in [1.807, 2.05) is 12.1 Å². The third kappa shape index (κ3) is 2.66. The van der Waals surface area contributed by atoms with E-state index < -0.39 is 0 Å². The summed E-state index contributed by atoms with van der Waals surface area (Å²) in [5.74, 6) is 1.68. The lowest BCUT2D eigenvalue weighted by molar-refractivity contribution is 0.175. The Bertz CT molecular complexity index is 291. The molecule has 1 aromatic rings. The summed E-state index contributed by atoms with van der Waals surface area (Å²) in [4.78, 5) is 0. The molecule has 0 bridgehead atoms. The minimum absolute atomic E-state index is 0.325. The highest BCUT2D eigenvalue weighted by Crippen LogP contribution is 2.22. The van der Waals surface area contributed by atoms with E-state index in [1.54, 1.807) is 6.26 Å². The summed E-state index contributed by atoms with van der Waals surface area (Å²) in [6.07, 6.45) is 3.96. The molecule has 0 amide bonds. The zero-order valence-corrected chi connectivity index (χ0v) is 10.1. The van der Waals surface area contributed by atoms with E-state index >= 15 is 0 Å². The fourth-order valence-corrected chi connectivity index (χ4v) is 2.29. The van der Waals surface area contributed by atoms with Crippen LogP contribution in [-0.2, 0) is 4.74 Å². The molecule has 0 spiro atoms. The van der Waals surface area contributed by atoms with Gasteiger partial charge in [-0.1, -0.05) is 6.92 Å². The molecule has 0 aliphatic carbocycles. The first-order valence-electron chi connectivity index (χ1n) is 6.18. The Hall–Kier alpha value is -0.800. The van der Waals surface area contributed by atoms with E-state index in [9.17, 15) is 0 Å². The molecule has 90 valence electrons. The van der Waals surface area contributed by atoms with Gasteiger partial charge in [0.05, 0.1) is 18.9 Å². The van der Waals surface area contributed by atoms with Gasteiger partial charge in [-0.05, 0) is 37.8 Å². The number of ether oxygens (including phenoxy) is 1. The van der Waals surface area contributed by atoms with Crippen LogP contribution in [0.4, 0.5) is 0 Å². The lowest BCUT2D eigenvalue weighted by Gasteiger charge is -2.24. The second kappa shape index (κ2) is 5.51. The third-order valence-electron chi connectivity index (χ3n) is 3.43. The topological polar surface area (TPSA) is 34.4 Å². The van der Waals surface area contributed by atoms with Gasteiger partial charge in [-0.3, -0.25) is 0 Å². The van der Waals surface area contributed by atoms with Gasteiger partial charge in [0.2, 0.25) is 0 Å². The van der Waals surface area contributed by atoms with Gasteiger partial charge in [0.15, 0.2) is 0 Å². The van der Waals surface area contributed by atoms with Crippen molar-refractivity contribution in [3.63, 3.8) is 0 Å². The molecule has 2 heterocycles. The Kier molecular flexibility index (Phi) is 4.02. The van der Waals surface area contributed by atoms with Gasteiger partial charge < -0.3 is 14.5 Å². The first kappa shape index (κ1) is 11.7. The summed E-state index contributed by atoms with van der Waals surface area (Å²) >= 11 is 0. The van der Waals surface area contributed by atoms with Crippen molar-refractivity contribution < 1.29 is 9.15 Å². The molecule has 16 heavy (non-hydrogen) atoms. The van der Waals surface area contributed by atoms with E-state index in [2.05, 4.69) is 19.2 Å². The van der Waals surface area contributed by atoms with E-state index in [1.165, 1.54) is 6.42 Å². The van der Waals surface area contributed by atoms with Crippen LogP contribution < -0.4 is 5.32 Å². The Morgan fingerprint density at radius 1 is 1.56 bits per heavy atom. The lowest BCUT2D eigenvalue weighted by Crippen LogP contribution is -2.36. The fraction of sp³-hybridized carbons (Fsp3) is 0.692. The Morgan fingerprint density at radius 2 is 2.44 bits per heavy atom. The van der Waals surface area contributed by atoms with Crippen LogP contribution >= 0.6 is 0 Å². The molecule has 3 nitrogen and oxygen atoms in total. The van der Waals surface area contributed by atoms with Crippen LogP contribution in [0.15, 0.2) is 22.8 Å². The second-order valence-corrected chi connectivity index (χ2v) is 4.56. The van der Waals surface area contributed by atoms with Crippen molar-refractivity contribution in [2.24, 2.45) is 5.92 Å². The molecule has 0 radical (unpaired) electrons. The largest absolute Gasteiger partial charge is 0.468 e. The van der Waals surface area contributed by atoms with Crippen molar-refractivity contribution in [2.45, 2.75) is 38.8 Å². The Morgan fingerprint density at radius 3 is 3.00 bits per heavy atom. The second-order valence-electron chi connectivity index (χ2n) is 4.56. The standard InChI is InChI=1S/C13H21NO2/c1-3-12(13-5-4-7-16-13)14-10(2)11-6-8-15-9-11/h4-5,7,10-12,14H,3,6,8-9H2,1-2H3. The molecule has 1 fully saturated rings. The summed E-state index contributed by atoms with van der Waals surface area (Å²) in [6, 6.07) is 4.80. The summed E-state index contributed by atoms with van der Waals surface area (Å²) in [5.41, 5.74) is 0. The molecule has 3 unspecified atom stereocenters. The summed E-state index contributed by atoms with van der Waals surface area (Å²) in [7, 11) is 0. The van der Waals surface area contributed by atoms with Crippen molar-refractivity contribution in [2.75, 3.05) is 13.2 Å². The first-order valence-corrected chi connectivity index (χ1v) is 6.18. The Balaban J connectivity index is 1.91. The van der Waals surface area contributed by atoms with Gasteiger partial charge in [-0.15, -0.1) is 0 Å². The molecule has 1 aliphatic rings. The lowest BCUT2D eigenvalue weighted by atomic mass is 9.99. The number of hydrogen-bond acceptors (Lipinski definition) is 3. The maximum Gasteiger partial charge on any atom is 0.120 e. The summed E-state index contributed by atoms with van der Waals surface area (Å²) in [5, 5.41) is 3.64. The maximum atomic E-state index is 5.46. The molecule has 2 rings (SSSR count). The number of nitrogens with one attached hydrogen (secondary N) is 1. The molecule has 1 aromatic heterocycles. The highest BCUT2D eigenvalue weighted by molar-refractivity contribution is 5.04. The summed E-state index contributed by atoms with van der Waals surface area (Å²) in [6.45, 7) is 6.22. The third-order valence-corrected chi connectivity index (χ3v) is 3.43. The van der Waals surface area contributed by atoms with Crippen LogP contribution in [0.2, 0.25) is 0 Å². The predicted molar refractivity (Wildman–Crippen MR) is 63.3 cm³/mol. The first-order chi connectivity index (χ1) is 7.81. The number of furan rings is 1. The van der Waals surface area contributed by atoms with E-state index in [0.29, 0.717) is 18.0 Å². The molecular formula is C13H21NO2. The van der Waals surface area contributed by atoms with Gasteiger partial charge in [0.1, 0.15) is 5.76 Å². The van der Waals surface area contributed by atoms with Crippen LogP contribution in [0.5, 0.6) is 0 Å². The fourth-order valence-electron chi connectivity index (χ4n) is 2.29. The minimum Gasteiger partial charge on any atom is -0.468 e. The molecule has 1 N–H and O–H groups in total. The van der Waals surface area contributed by atoms with E-state index in [4.69, 9.17) is 9.15 Å². The molecule has 0 aromatic carbocycles. The van der Waals surface area contributed by atoms with Crippen LogP contribution in [0.3, 0.4) is 0 Å². The predicted octanol–water partition coefficient (Wildman–Crippen LogP) is 2.75. The minimum atomic E-state index is 0.325. The maximum absolute atomic E-state index is 5.46. The quantitative estimate of drug-likeness (QED) is 0.833. The van der Waals surface area contributed by atoms with Crippen molar-refractivity contribution in [1.82, 2.24) is 5.32 Å².